The fourth-order valence-electron chi connectivity index (χ4n) is 1.90. The SMILES string of the molecule is CC(C)C(O)C(/C=C/[Si](C)(C)C)c1ccccc1. The van der Waals surface area contributed by atoms with Crippen molar-refractivity contribution in [3.63, 3.8) is 0 Å². The first-order chi connectivity index (χ1) is 8.31. The van der Waals surface area contributed by atoms with Crippen molar-refractivity contribution in [3.8, 4) is 0 Å². The third-order valence-electron chi connectivity index (χ3n) is 3.04. The second-order valence-electron chi connectivity index (χ2n) is 6.40. The molecule has 1 nitrogen and oxygen atoms in total. The number of hydrogen-bond acceptors (Lipinski definition) is 1. The zero-order valence-electron chi connectivity index (χ0n) is 12.2. The van der Waals surface area contributed by atoms with Gasteiger partial charge in [-0.15, -0.1) is 0 Å². The van der Waals surface area contributed by atoms with Crippen molar-refractivity contribution in [2.24, 2.45) is 5.92 Å². The first kappa shape index (κ1) is 15.2. The summed E-state index contributed by atoms with van der Waals surface area (Å²) in [6, 6.07) is 10.3. The lowest BCUT2D eigenvalue weighted by Crippen LogP contribution is -2.24. The number of hydrogen-bond donors (Lipinski definition) is 1. The van der Waals surface area contributed by atoms with E-state index in [9.17, 15) is 5.11 Å². The predicted molar refractivity (Wildman–Crippen MR) is 82.5 cm³/mol. The Hall–Kier alpha value is -0.863. The van der Waals surface area contributed by atoms with Crippen molar-refractivity contribution in [3.05, 3.63) is 47.7 Å². The van der Waals surface area contributed by atoms with E-state index >= 15 is 0 Å². The molecule has 1 N–H and O–H groups in total. The normalized spacial score (nSPS) is 16.2. The molecule has 2 unspecified atom stereocenters. The Bertz CT molecular complexity index is 376. The van der Waals surface area contributed by atoms with E-state index in [2.05, 4.69) is 57.4 Å². The van der Waals surface area contributed by atoms with Gasteiger partial charge >= 0.3 is 0 Å². The number of benzene rings is 1. The van der Waals surface area contributed by atoms with E-state index in [1.165, 1.54) is 5.56 Å². The van der Waals surface area contributed by atoms with Gasteiger partial charge in [0, 0.05) is 5.92 Å². The average molecular weight is 262 g/mol. The molecule has 0 aromatic heterocycles. The summed E-state index contributed by atoms with van der Waals surface area (Å²) in [6.45, 7) is 11.1. The molecule has 0 bridgehead atoms. The highest BCUT2D eigenvalue weighted by atomic mass is 28.3. The lowest BCUT2D eigenvalue weighted by molar-refractivity contribution is 0.111. The van der Waals surface area contributed by atoms with Crippen LogP contribution in [0, 0.1) is 5.92 Å². The van der Waals surface area contributed by atoms with Crippen LogP contribution < -0.4 is 0 Å². The maximum absolute atomic E-state index is 10.4. The summed E-state index contributed by atoms with van der Waals surface area (Å²) < 4.78 is 0. The first-order valence-corrected chi connectivity index (χ1v) is 10.3. The lowest BCUT2D eigenvalue weighted by Gasteiger charge is -2.24. The van der Waals surface area contributed by atoms with Crippen LogP contribution in [0.5, 0.6) is 0 Å². The maximum atomic E-state index is 10.4. The molecule has 100 valence electrons. The molecule has 2 atom stereocenters. The minimum absolute atomic E-state index is 0.109. The second kappa shape index (κ2) is 6.35. The van der Waals surface area contributed by atoms with E-state index in [0.717, 1.165) is 0 Å². The summed E-state index contributed by atoms with van der Waals surface area (Å²) in [5.41, 5.74) is 3.53. The van der Waals surface area contributed by atoms with E-state index < -0.39 is 8.07 Å². The Morgan fingerprint density at radius 1 is 1.06 bits per heavy atom. The molecule has 0 saturated carbocycles. The third kappa shape index (κ3) is 4.79. The molecule has 0 aliphatic heterocycles. The molecule has 1 aromatic rings. The number of rotatable bonds is 5. The molecule has 0 aliphatic rings. The van der Waals surface area contributed by atoms with Crippen LogP contribution >= 0.6 is 0 Å². The van der Waals surface area contributed by atoms with Gasteiger partial charge in [-0.1, -0.05) is 75.6 Å². The van der Waals surface area contributed by atoms with Gasteiger partial charge in [0.25, 0.3) is 0 Å². The zero-order valence-corrected chi connectivity index (χ0v) is 13.2. The van der Waals surface area contributed by atoms with Crippen LogP contribution in [0.2, 0.25) is 19.6 Å². The Morgan fingerprint density at radius 2 is 1.61 bits per heavy atom. The van der Waals surface area contributed by atoms with E-state index in [-0.39, 0.29) is 17.9 Å². The fourth-order valence-corrected chi connectivity index (χ4v) is 2.69. The Kier molecular flexibility index (Phi) is 5.36. The van der Waals surface area contributed by atoms with Crippen LogP contribution in [0.4, 0.5) is 0 Å². The highest BCUT2D eigenvalue weighted by Crippen LogP contribution is 2.26. The summed E-state index contributed by atoms with van der Waals surface area (Å²) in [6.07, 6.45) is 1.90. The predicted octanol–water partition coefficient (Wildman–Crippen LogP) is 4.22. The van der Waals surface area contributed by atoms with Crippen molar-refractivity contribution in [2.45, 2.75) is 45.5 Å². The van der Waals surface area contributed by atoms with E-state index in [1.807, 2.05) is 18.2 Å². The van der Waals surface area contributed by atoms with Crippen molar-refractivity contribution in [1.82, 2.24) is 0 Å². The zero-order chi connectivity index (χ0) is 13.8. The molecule has 0 saturated heterocycles. The summed E-state index contributed by atoms with van der Waals surface area (Å²) in [7, 11) is -1.23. The Balaban J connectivity index is 3.00. The molecular weight excluding hydrogens is 236 g/mol. The highest BCUT2D eigenvalue weighted by Gasteiger charge is 2.22. The third-order valence-corrected chi connectivity index (χ3v) is 4.23. The molecule has 0 aliphatic carbocycles. The molecule has 0 amide bonds. The number of aliphatic hydroxyl groups excluding tert-OH is 1. The molecule has 0 heterocycles. The van der Waals surface area contributed by atoms with Crippen molar-refractivity contribution in [2.75, 3.05) is 0 Å². The first-order valence-electron chi connectivity index (χ1n) is 6.73. The van der Waals surface area contributed by atoms with Gasteiger partial charge in [0.2, 0.25) is 0 Å². The molecule has 2 heteroatoms. The monoisotopic (exact) mass is 262 g/mol. The largest absolute Gasteiger partial charge is 0.392 e. The Morgan fingerprint density at radius 3 is 2.06 bits per heavy atom. The molecule has 0 radical (unpaired) electrons. The van der Waals surface area contributed by atoms with Crippen LogP contribution in [0.1, 0.15) is 25.3 Å². The van der Waals surface area contributed by atoms with Gasteiger partial charge in [-0.2, -0.15) is 0 Å². The summed E-state index contributed by atoms with van der Waals surface area (Å²) in [4.78, 5) is 0. The molecule has 0 fully saturated rings. The van der Waals surface area contributed by atoms with Gasteiger partial charge in [-0.05, 0) is 11.5 Å². The van der Waals surface area contributed by atoms with Crippen LogP contribution in [-0.2, 0) is 0 Å². The van der Waals surface area contributed by atoms with Crippen LogP contribution in [-0.4, -0.2) is 19.3 Å². The van der Waals surface area contributed by atoms with Gasteiger partial charge < -0.3 is 5.11 Å². The maximum Gasteiger partial charge on any atom is 0.0683 e. The molecule has 1 rings (SSSR count). The molecule has 0 spiro atoms. The lowest BCUT2D eigenvalue weighted by atomic mass is 9.87. The standard InChI is InChI=1S/C16H26OSi/c1-13(2)16(17)15(11-12-18(3,4)5)14-9-7-6-8-10-14/h6-13,15-17H,1-5H3/b12-11+. The summed E-state index contributed by atoms with van der Waals surface area (Å²) >= 11 is 0. The highest BCUT2D eigenvalue weighted by molar-refractivity contribution is 6.80. The quantitative estimate of drug-likeness (QED) is 0.788. The van der Waals surface area contributed by atoms with Crippen molar-refractivity contribution in [1.29, 1.82) is 0 Å². The minimum Gasteiger partial charge on any atom is -0.392 e. The van der Waals surface area contributed by atoms with Crippen molar-refractivity contribution >= 4 is 8.07 Å². The summed E-state index contributed by atoms with van der Waals surface area (Å²) in [5, 5.41) is 10.4. The van der Waals surface area contributed by atoms with Gasteiger partial charge in [0.1, 0.15) is 0 Å². The summed E-state index contributed by atoms with van der Waals surface area (Å²) in [5.74, 6) is 0.374. The van der Waals surface area contributed by atoms with Crippen LogP contribution in [0.25, 0.3) is 0 Å². The van der Waals surface area contributed by atoms with Gasteiger partial charge in [-0.25, -0.2) is 0 Å². The van der Waals surface area contributed by atoms with Crippen LogP contribution in [0.15, 0.2) is 42.1 Å². The average Bonchev–Trinajstić information content (AvgIpc) is 2.28. The molecule has 18 heavy (non-hydrogen) atoms. The molecule has 1 aromatic carbocycles. The topological polar surface area (TPSA) is 20.2 Å². The van der Waals surface area contributed by atoms with Gasteiger partial charge in [0.15, 0.2) is 0 Å². The number of aliphatic hydroxyl groups is 1. The fraction of sp³-hybridized carbons (Fsp3) is 0.500. The van der Waals surface area contributed by atoms with Gasteiger partial charge in [0.05, 0.1) is 14.2 Å². The second-order valence-corrected chi connectivity index (χ2v) is 11.5. The van der Waals surface area contributed by atoms with E-state index in [4.69, 9.17) is 0 Å². The van der Waals surface area contributed by atoms with Crippen LogP contribution in [0.3, 0.4) is 0 Å². The van der Waals surface area contributed by atoms with Gasteiger partial charge in [-0.3, -0.25) is 0 Å². The molecular formula is C16H26OSi. The van der Waals surface area contributed by atoms with E-state index in [0.29, 0.717) is 0 Å². The van der Waals surface area contributed by atoms with E-state index in [1.54, 1.807) is 0 Å². The smallest absolute Gasteiger partial charge is 0.0683 e. The minimum atomic E-state index is -1.23. The Labute approximate surface area is 113 Å². The van der Waals surface area contributed by atoms with Crippen molar-refractivity contribution < 1.29 is 5.11 Å².